The summed E-state index contributed by atoms with van der Waals surface area (Å²) in [6.45, 7) is 4.91. The van der Waals surface area contributed by atoms with E-state index in [0.29, 0.717) is 18.9 Å². The predicted molar refractivity (Wildman–Crippen MR) is 74.9 cm³/mol. The van der Waals surface area contributed by atoms with Crippen molar-refractivity contribution in [1.82, 2.24) is 9.88 Å². The second-order valence-electron chi connectivity index (χ2n) is 6.01. The Morgan fingerprint density at radius 1 is 1.25 bits per heavy atom. The molecule has 0 radical (unpaired) electrons. The topological polar surface area (TPSA) is 36.4 Å². The molecule has 0 aromatic carbocycles. The van der Waals surface area contributed by atoms with E-state index in [4.69, 9.17) is 0 Å². The van der Waals surface area contributed by atoms with Gasteiger partial charge in [-0.2, -0.15) is 4.39 Å². The minimum Gasteiger partial charge on any atom is -0.353 e. The molecule has 1 saturated heterocycles. The molecule has 2 fully saturated rings. The molecule has 1 saturated carbocycles. The molecule has 0 bridgehead atoms. The van der Waals surface area contributed by atoms with Crippen molar-refractivity contribution in [3.63, 3.8) is 0 Å². The lowest BCUT2D eigenvalue weighted by Gasteiger charge is -2.43. The van der Waals surface area contributed by atoms with Gasteiger partial charge in [-0.15, -0.1) is 0 Å². The van der Waals surface area contributed by atoms with Gasteiger partial charge in [-0.3, -0.25) is 4.79 Å². The maximum absolute atomic E-state index is 13.1. The van der Waals surface area contributed by atoms with Crippen LogP contribution in [-0.2, 0) is 4.79 Å². The summed E-state index contributed by atoms with van der Waals surface area (Å²) in [4.78, 5) is 20.3. The Morgan fingerprint density at radius 3 is 2.50 bits per heavy atom. The molecule has 0 spiro atoms. The SMILES string of the molecule is CC1(C(=O)N2CCN(c3cccc(F)n3)CC2)CCC1. The summed E-state index contributed by atoms with van der Waals surface area (Å²) in [5, 5.41) is 0. The number of pyridine rings is 1. The third-order valence-electron chi connectivity index (χ3n) is 4.56. The molecule has 20 heavy (non-hydrogen) atoms. The van der Waals surface area contributed by atoms with Crippen LogP contribution in [0.25, 0.3) is 0 Å². The molecule has 0 N–H and O–H groups in total. The number of carbonyl (C=O) groups excluding carboxylic acids is 1. The molecule has 0 atom stereocenters. The molecule has 3 rings (SSSR count). The van der Waals surface area contributed by atoms with E-state index in [-0.39, 0.29) is 11.3 Å². The lowest BCUT2D eigenvalue weighted by atomic mass is 9.69. The molecule has 1 aromatic heterocycles. The fraction of sp³-hybridized carbons (Fsp3) is 0.600. The zero-order chi connectivity index (χ0) is 14.2. The first kappa shape index (κ1) is 13.3. The first-order valence-electron chi connectivity index (χ1n) is 7.25. The third-order valence-corrected chi connectivity index (χ3v) is 4.56. The smallest absolute Gasteiger partial charge is 0.228 e. The van der Waals surface area contributed by atoms with E-state index in [1.165, 1.54) is 6.07 Å². The molecule has 2 heterocycles. The Hall–Kier alpha value is -1.65. The maximum Gasteiger partial charge on any atom is 0.228 e. The van der Waals surface area contributed by atoms with Crippen molar-refractivity contribution < 1.29 is 9.18 Å². The fourth-order valence-electron chi connectivity index (χ4n) is 3.02. The number of amides is 1. The van der Waals surface area contributed by atoms with Crippen molar-refractivity contribution in [2.24, 2.45) is 5.41 Å². The number of rotatable bonds is 2. The van der Waals surface area contributed by atoms with Crippen LogP contribution in [0.3, 0.4) is 0 Å². The summed E-state index contributed by atoms with van der Waals surface area (Å²) in [5.74, 6) is 0.491. The highest BCUT2D eigenvalue weighted by molar-refractivity contribution is 5.83. The molecule has 5 heteroatoms. The van der Waals surface area contributed by atoms with Gasteiger partial charge in [0, 0.05) is 31.6 Å². The molecule has 1 amide bonds. The van der Waals surface area contributed by atoms with E-state index < -0.39 is 5.95 Å². The van der Waals surface area contributed by atoms with Crippen LogP contribution < -0.4 is 4.90 Å². The summed E-state index contributed by atoms with van der Waals surface area (Å²) in [6, 6.07) is 4.83. The summed E-state index contributed by atoms with van der Waals surface area (Å²) in [5.41, 5.74) is -0.126. The summed E-state index contributed by atoms with van der Waals surface area (Å²) >= 11 is 0. The Bertz CT molecular complexity index is 508. The van der Waals surface area contributed by atoms with E-state index in [9.17, 15) is 9.18 Å². The lowest BCUT2D eigenvalue weighted by Crippen LogP contribution is -2.54. The highest BCUT2D eigenvalue weighted by Crippen LogP contribution is 2.42. The average molecular weight is 277 g/mol. The Balaban J connectivity index is 1.61. The van der Waals surface area contributed by atoms with E-state index in [2.05, 4.69) is 11.9 Å². The van der Waals surface area contributed by atoms with E-state index >= 15 is 0 Å². The number of carbonyl (C=O) groups is 1. The van der Waals surface area contributed by atoms with Gasteiger partial charge in [0.05, 0.1) is 0 Å². The Kier molecular flexibility index (Phi) is 3.36. The van der Waals surface area contributed by atoms with Gasteiger partial charge in [0.2, 0.25) is 11.9 Å². The molecule has 1 aliphatic carbocycles. The summed E-state index contributed by atoms with van der Waals surface area (Å²) < 4.78 is 13.1. The predicted octanol–water partition coefficient (Wildman–Crippen LogP) is 2.06. The van der Waals surface area contributed by atoms with Crippen LogP contribution in [0, 0.1) is 11.4 Å². The molecule has 108 valence electrons. The van der Waals surface area contributed by atoms with Gasteiger partial charge in [0.1, 0.15) is 5.82 Å². The number of hydrogen-bond acceptors (Lipinski definition) is 3. The summed E-state index contributed by atoms with van der Waals surface area (Å²) in [7, 11) is 0. The van der Waals surface area contributed by atoms with Crippen molar-refractivity contribution in [2.45, 2.75) is 26.2 Å². The lowest BCUT2D eigenvalue weighted by molar-refractivity contribution is -0.146. The van der Waals surface area contributed by atoms with Crippen LogP contribution in [0.2, 0.25) is 0 Å². The van der Waals surface area contributed by atoms with Gasteiger partial charge < -0.3 is 9.80 Å². The molecule has 0 unspecified atom stereocenters. The van der Waals surface area contributed by atoms with Gasteiger partial charge in [-0.1, -0.05) is 19.4 Å². The molecular weight excluding hydrogens is 257 g/mol. The largest absolute Gasteiger partial charge is 0.353 e. The van der Waals surface area contributed by atoms with Crippen molar-refractivity contribution in [1.29, 1.82) is 0 Å². The number of nitrogens with zero attached hydrogens (tertiary/aromatic N) is 3. The number of aromatic nitrogens is 1. The summed E-state index contributed by atoms with van der Waals surface area (Å²) in [6.07, 6.45) is 3.18. The molecule has 1 aliphatic heterocycles. The fourth-order valence-corrected chi connectivity index (χ4v) is 3.02. The monoisotopic (exact) mass is 277 g/mol. The number of anilines is 1. The van der Waals surface area contributed by atoms with Gasteiger partial charge in [0.25, 0.3) is 0 Å². The van der Waals surface area contributed by atoms with Gasteiger partial charge in [-0.05, 0) is 25.0 Å². The normalized spacial score (nSPS) is 21.5. The number of piperazine rings is 1. The second kappa shape index (κ2) is 5.04. The second-order valence-corrected chi connectivity index (χ2v) is 6.01. The van der Waals surface area contributed by atoms with Gasteiger partial charge in [-0.25, -0.2) is 4.98 Å². The van der Waals surface area contributed by atoms with Crippen LogP contribution in [-0.4, -0.2) is 42.0 Å². The van der Waals surface area contributed by atoms with Crippen molar-refractivity contribution >= 4 is 11.7 Å². The quantitative estimate of drug-likeness (QED) is 0.776. The Morgan fingerprint density at radius 2 is 1.95 bits per heavy atom. The zero-order valence-corrected chi connectivity index (χ0v) is 11.8. The van der Waals surface area contributed by atoms with Crippen molar-refractivity contribution in [3.05, 3.63) is 24.1 Å². The van der Waals surface area contributed by atoms with E-state index in [1.54, 1.807) is 6.07 Å². The zero-order valence-electron chi connectivity index (χ0n) is 11.8. The molecular formula is C15H20FN3O. The maximum atomic E-state index is 13.1. The van der Waals surface area contributed by atoms with Crippen LogP contribution >= 0.6 is 0 Å². The minimum atomic E-state index is -0.456. The Labute approximate surface area is 118 Å². The van der Waals surface area contributed by atoms with Crippen molar-refractivity contribution in [3.8, 4) is 0 Å². The van der Waals surface area contributed by atoms with E-state index in [1.807, 2.05) is 15.9 Å². The van der Waals surface area contributed by atoms with Crippen LogP contribution in [0.15, 0.2) is 18.2 Å². The first-order valence-corrected chi connectivity index (χ1v) is 7.25. The highest BCUT2D eigenvalue weighted by Gasteiger charge is 2.42. The number of hydrogen-bond donors (Lipinski definition) is 0. The molecule has 4 nitrogen and oxygen atoms in total. The molecule has 1 aromatic rings. The van der Waals surface area contributed by atoms with Crippen LogP contribution in [0.5, 0.6) is 0 Å². The third kappa shape index (κ3) is 2.37. The van der Waals surface area contributed by atoms with Gasteiger partial charge in [0.15, 0.2) is 0 Å². The van der Waals surface area contributed by atoms with Crippen LogP contribution in [0.4, 0.5) is 10.2 Å². The first-order chi connectivity index (χ1) is 9.58. The standard InChI is InChI=1S/C15H20FN3O/c1-15(6-3-7-15)14(20)19-10-8-18(9-11-19)13-5-2-4-12(16)17-13/h2,4-5H,3,6-11H2,1H3. The number of halogens is 1. The highest BCUT2D eigenvalue weighted by atomic mass is 19.1. The average Bonchev–Trinajstić information content (AvgIpc) is 2.44. The van der Waals surface area contributed by atoms with E-state index in [0.717, 1.165) is 32.4 Å². The van der Waals surface area contributed by atoms with Crippen molar-refractivity contribution in [2.75, 3.05) is 31.1 Å². The van der Waals surface area contributed by atoms with Gasteiger partial charge >= 0.3 is 0 Å². The molecule has 2 aliphatic rings. The van der Waals surface area contributed by atoms with Crippen LogP contribution in [0.1, 0.15) is 26.2 Å². The minimum absolute atomic E-state index is 0.126.